The fraction of sp³-hybridized carbons (Fsp3) is 0.417. The molecule has 1 aromatic carbocycles. The number of nitrogens with one attached hydrogen (secondary N) is 1. The average molecular weight is 361 g/mol. The van der Waals surface area contributed by atoms with Gasteiger partial charge in [0.1, 0.15) is 0 Å². The van der Waals surface area contributed by atoms with Gasteiger partial charge in [-0.2, -0.15) is 0 Å². The zero-order chi connectivity index (χ0) is 13.8. The van der Waals surface area contributed by atoms with Gasteiger partial charge in [-0.25, -0.2) is 8.42 Å². The maximum absolute atomic E-state index is 11.7. The number of aryl methyl sites for hydroxylation is 1. The molecule has 0 radical (unpaired) electrons. The number of halogens is 1. The lowest BCUT2D eigenvalue weighted by Crippen LogP contribution is -2.37. The van der Waals surface area contributed by atoms with E-state index in [0.29, 0.717) is 5.17 Å². The third-order valence-electron chi connectivity index (χ3n) is 3.51. The number of fused-ring (bicyclic) bond motifs is 1. The number of hydrogen-bond acceptors (Lipinski definition) is 4. The predicted octanol–water partition coefficient (Wildman–Crippen LogP) is 2.41. The zero-order valence-electron chi connectivity index (χ0n) is 10.3. The third-order valence-corrected chi connectivity index (χ3v) is 7.53. The van der Waals surface area contributed by atoms with Crippen molar-refractivity contribution < 1.29 is 8.42 Å². The first-order valence-electron chi connectivity index (χ1n) is 5.88. The van der Waals surface area contributed by atoms with Crippen LogP contribution in [0.2, 0.25) is 0 Å². The van der Waals surface area contributed by atoms with Crippen LogP contribution in [-0.2, 0) is 9.84 Å². The Morgan fingerprint density at radius 1 is 1.42 bits per heavy atom. The van der Waals surface area contributed by atoms with Crippen LogP contribution in [0.25, 0.3) is 0 Å². The van der Waals surface area contributed by atoms with E-state index in [2.05, 4.69) is 15.9 Å². The zero-order valence-corrected chi connectivity index (χ0v) is 13.5. The molecular weight excluding hydrogens is 348 g/mol. The second-order valence-corrected chi connectivity index (χ2v) is 9.15. The van der Waals surface area contributed by atoms with Crippen molar-refractivity contribution >= 4 is 48.4 Å². The minimum atomic E-state index is -2.96. The summed E-state index contributed by atoms with van der Waals surface area (Å²) in [5.41, 5.74) is 1.99. The number of rotatable bonds is 1. The van der Waals surface area contributed by atoms with Crippen LogP contribution in [0.5, 0.6) is 0 Å². The standard InChI is InChI=1S/C12H13BrN2O2S2/c1-7-4-8(2-3-9(7)13)15-10-5-19(16,17)6-11(10)18-12(15)14/h2-4,10-11,14H,5-6H2,1H3/t10-,11+/m1/s1. The Balaban J connectivity index is 1.99. The van der Waals surface area contributed by atoms with Crippen LogP contribution in [0.15, 0.2) is 22.7 Å². The smallest absolute Gasteiger partial charge is 0.161 e. The van der Waals surface area contributed by atoms with Gasteiger partial charge >= 0.3 is 0 Å². The van der Waals surface area contributed by atoms with E-state index in [1.807, 2.05) is 30.0 Å². The van der Waals surface area contributed by atoms with Gasteiger partial charge in [0.15, 0.2) is 15.0 Å². The number of sulfone groups is 1. The van der Waals surface area contributed by atoms with E-state index in [4.69, 9.17) is 5.41 Å². The monoisotopic (exact) mass is 360 g/mol. The van der Waals surface area contributed by atoms with E-state index >= 15 is 0 Å². The fourth-order valence-corrected chi connectivity index (χ4v) is 6.63. The molecule has 0 aliphatic carbocycles. The molecule has 3 rings (SSSR count). The molecule has 7 heteroatoms. The van der Waals surface area contributed by atoms with E-state index < -0.39 is 9.84 Å². The quantitative estimate of drug-likeness (QED) is 0.835. The highest BCUT2D eigenvalue weighted by molar-refractivity contribution is 9.10. The molecule has 0 saturated carbocycles. The van der Waals surface area contributed by atoms with Crippen LogP contribution in [0.3, 0.4) is 0 Å². The fourth-order valence-electron chi connectivity index (χ4n) is 2.59. The summed E-state index contributed by atoms with van der Waals surface area (Å²) in [5, 5.41) is 8.53. The number of amidine groups is 1. The Kier molecular flexibility index (Phi) is 3.18. The van der Waals surface area contributed by atoms with Crippen molar-refractivity contribution in [3.8, 4) is 0 Å². The maximum Gasteiger partial charge on any atom is 0.161 e. The van der Waals surface area contributed by atoms with Gasteiger partial charge in [-0.05, 0) is 30.7 Å². The first-order chi connectivity index (χ1) is 8.87. The Labute approximate surface area is 125 Å². The normalized spacial score (nSPS) is 28.7. The highest BCUT2D eigenvalue weighted by atomic mass is 79.9. The highest BCUT2D eigenvalue weighted by Crippen LogP contribution is 2.40. The molecule has 4 nitrogen and oxygen atoms in total. The molecule has 2 fully saturated rings. The summed E-state index contributed by atoms with van der Waals surface area (Å²) in [5.74, 6) is 0.346. The van der Waals surface area contributed by atoms with Crippen molar-refractivity contribution in [1.82, 2.24) is 0 Å². The molecule has 0 amide bonds. The lowest BCUT2D eigenvalue weighted by molar-refractivity contribution is 0.601. The SMILES string of the molecule is Cc1cc(N2C(=N)S[C@H]3CS(=O)(=O)C[C@H]32)ccc1Br. The molecule has 0 bridgehead atoms. The van der Waals surface area contributed by atoms with Crippen LogP contribution in [0.4, 0.5) is 5.69 Å². The van der Waals surface area contributed by atoms with Crippen LogP contribution >= 0.6 is 27.7 Å². The Morgan fingerprint density at radius 3 is 2.84 bits per heavy atom. The second kappa shape index (κ2) is 4.49. The lowest BCUT2D eigenvalue weighted by atomic mass is 10.1. The highest BCUT2D eigenvalue weighted by Gasteiger charge is 2.48. The molecule has 0 unspecified atom stereocenters. The summed E-state index contributed by atoms with van der Waals surface area (Å²) in [6.07, 6.45) is 0. The third kappa shape index (κ3) is 2.32. The van der Waals surface area contributed by atoms with Gasteiger partial charge in [0.05, 0.1) is 17.5 Å². The van der Waals surface area contributed by atoms with Gasteiger partial charge in [0, 0.05) is 15.4 Å². The Bertz CT molecular complexity index is 660. The molecule has 2 atom stereocenters. The summed E-state index contributed by atoms with van der Waals surface area (Å²) in [6, 6.07) is 5.77. The molecular formula is C12H13BrN2O2S2. The van der Waals surface area contributed by atoms with E-state index in [9.17, 15) is 8.42 Å². The Morgan fingerprint density at radius 2 is 2.16 bits per heavy atom. The van der Waals surface area contributed by atoms with Gasteiger partial charge in [0.2, 0.25) is 0 Å². The largest absolute Gasteiger partial charge is 0.316 e. The summed E-state index contributed by atoms with van der Waals surface area (Å²) >= 11 is 4.82. The summed E-state index contributed by atoms with van der Waals surface area (Å²) in [6.45, 7) is 1.99. The summed E-state index contributed by atoms with van der Waals surface area (Å²) < 4.78 is 24.5. The van der Waals surface area contributed by atoms with Crippen molar-refractivity contribution in [2.24, 2.45) is 0 Å². The van der Waals surface area contributed by atoms with Crippen LogP contribution < -0.4 is 4.90 Å². The molecule has 1 aromatic rings. The van der Waals surface area contributed by atoms with Crippen molar-refractivity contribution in [3.05, 3.63) is 28.2 Å². The molecule has 0 aromatic heterocycles. The van der Waals surface area contributed by atoms with Gasteiger partial charge in [-0.3, -0.25) is 5.41 Å². The molecule has 1 N–H and O–H groups in total. The molecule has 0 spiro atoms. The van der Waals surface area contributed by atoms with Gasteiger partial charge in [0.25, 0.3) is 0 Å². The van der Waals surface area contributed by atoms with E-state index in [1.54, 1.807) is 0 Å². The first-order valence-corrected chi connectivity index (χ1v) is 9.38. The van der Waals surface area contributed by atoms with Gasteiger partial charge in [-0.15, -0.1) is 0 Å². The summed E-state index contributed by atoms with van der Waals surface area (Å²) in [7, 11) is -2.96. The minimum absolute atomic E-state index is 0.00135. The van der Waals surface area contributed by atoms with Crippen molar-refractivity contribution in [2.75, 3.05) is 16.4 Å². The van der Waals surface area contributed by atoms with Crippen LogP contribution in [-0.4, -0.2) is 36.4 Å². The van der Waals surface area contributed by atoms with Crippen molar-refractivity contribution in [3.63, 3.8) is 0 Å². The molecule has 2 aliphatic heterocycles. The van der Waals surface area contributed by atoms with E-state index in [0.717, 1.165) is 15.7 Å². The number of thioether (sulfide) groups is 1. The lowest BCUT2D eigenvalue weighted by Gasteiger charge is -2.24. The molecule has 19 heavy (non-hydrogen) atoms. The molecule has 2 aliphatic rings. The number of benzene rings is 1. The van der Waals surface area contributed by atoms with Gasteiger partial charge in [-0.1, -0.05) is 27.7 Å². The van der Waals surface area contributed by atoms with Crippen molar-refractivity contribution in [2.45, 2.75) is 18.2 Å². The minimum Gasteiger partial charge on any atom is -0.316 e. The predicted molar refractivity (Wildman–Crippen MR) is 82.9 cm³/mol. The van der Waals surface area contributed by atoms with Crippen molar-refractivity contribution in [1.29, 1.82) is 5.41 Å². The molecule has 2 heterocycles. The number of hydrogen-bond donors (Lipinski definition) is 1. The maximum atomic E-state index is 11.7. The van der Waals surface area contributed by atoms with Crippen LogP contribution in [0, 0.1) is 12.3 Å². The van der Waals surface area contributed by atoms with E-state index in [1.165, 1.54) is 11.8 Å². The second-order valence-electron chi connectivity index (χ2n) is 4.91. The molecule has 2 saturated heterocycles. The Hall–Kier alpha value is -0.530. The topological polar surface area (TPSA) is 61.2 Å². The average Bonchev–Trinajstić information content (AvgIpc) is 2.73. The number of anilines is 1. The molecule has 102 valence electrons. The number of nitrogens with zero attached hydrogens (tertiary/aromatic N) is 1. The first kappa shape index (κ1) is 13.5. The van der Waals surface area contributed by atoms with Crippen LogP contribution in [0.1, 0.15) is 5.56 Å². The summed E-state index contributed by atoms with van der Waals surface area (Å²) in [4.78, 5) is 1.86. The van der Waals surface area contributed by atoms with Gasteiger partial charge < -0.3 is 4.90 Å². The van der Waals surface area contributed by atoms with E-state index in [-0.39, 0.29) is 22.8 Å².